The van der Waals surface area contributed by atoms with Gasteiger partial charge in [0.25, 0.3) is 0 Å². The zero-order valence-electron chi connectivity index (χ0n) is 69.6. The van der Waals surface area contributed by atoms with Crippen LogP contribution in [0.15, 0.2) is 473 Å². The number of aromatic nitrogens is 2. The van der Waals surface area contributed by atoms with Gasteiger partial charge in [-0.3, -0.25) is 0 Å². The van der Waals surface area contributed by atoms with Crippen LogP contribution in [0, 0.1) is 0 Å². The minimum Gasteiger partial charge on any atom is -0.310 e. The maximum atomic E-state index is 2.45. The molecule has 0 aliphatic carbocycles. The molecule has 0 bridgehead atoms. The predicted molar refractivity (Wildman–Crippen MR) is 549 cm³/mol. The summed E-state index contributed by atoms with van der Waals surface area (Å²) in [6.45, 7) is 0. The van der Waals surface area contributed by atoms with Crippen molar-refractivity contribution in [3.63, 3.8) is 0 Å². The number of hydrogen-bond donors (Lipinski definition) is 0. The standard InChI is InChI=1S/C122H78N4S2/c1-2-25-87-76-88(57-54-79(87)24-1)83-62-70-93(71-63-83)124(95-74-66-86(67-75-95)97-27-4-13-42-112(97)126-117-47-18-7-30-101(117)102-31-8-19-48-118(102)126)114-44-15-10-33-104(114)107-37-23-40-110-109-39-21-35-98(120(109)128-122(107)110)90-59-56-84-55-58-89(77-91(84)78-90)82-52-50-80(51-53-82)81-60-68-92(69-61-81)123(113-43-14-9-32-103(113)106-36-22-38-108-105-34-11-20-49-119(105)127-121(106)108)94-72-64-85(65-73-94)96-26-3-12-41-111(96)125-115-45-16-5-28-99(115)100-29-6-17-46-116(100)125/h1-78H. The summed E-state index contributed by atoms with van der Waals surface area (Å²) in [4.78, 5) is 4.90. The quantitative estimate of drug-likeness (QED) is 0.0959. The maximum absolute atomic E-state index is 2.45. The highest BCUT2D eigenvalue weighted by atomic mass is 32.1. The highest BCUT2D eigenvalue weighted by Crippen LogP contribution is 2.52. The Kier molecular flexibility index (Phi) is 18.0. The molecule has 4 nitrogen and oxygen atoms in total. The molecule has 0 aliphatic heterocycles. The Labute approximate surface area is 749 Å². The van der Waals surface area contributed by atoms with Crippen molar-refractivity contribution >= 4 is 162 Å². The largest absolute Gasteiger partial charge is 0.310 e. The third kappa shape index (κ3) is 12.6. The number of benzene rings is 21. The first-order valence-electron chi connectivity index (χ1n) is 43.8. The third-order valence-electron chi connectivity index (χ3n) is 26.2. The molecule has 0 spiro atoms. The van der Waals surface area contributed by atoms with Gasteiger partial charge in [0.2, 0.25) is 0 Å². The molecule has 0 aliphatic rings. The summed E-state index contributed by atoms with van der Waals surface area (Å²) >= 11 is 3.77. The van der Waals surface area contributed by atoms with Crippen LogP contribution in [-0.4, -0.2) is 9.13 Å². The van der Waals surface area contributed by atoms with Gasteiger partial charge in [0.15, 0.2) is 0 Å². The molecule has 25 aromatic rings. The van der Waals surface area contributed by atoms with Gasteiger partial charge in [-0.05, 0) is 199 Å². The van der Waals surface area contributed by atoms with Gasteiger partial charge >= 0.3 is 0 Å². The maximum Gasteiger partial charge on any atom is 0.0541 e. The average Bonchev–Trinajstić information content (AvgIpc) is 1.57. The lowest BCUT2D eigenvalue weighted by Crippen LogP contribution is -2.11. The van der Waals surface area contributed by atoms with E-state index in [1.807, 2.05) is 22.7 Å². The zero-order chi connectivity index (χ0) is 84.3. The molecule has 0 radical (unpaired) electrons. The van der Waals surface area contributed by atoms with Crippen LogP contribution in [0.2, 0.25) is 0 Å². The van der Waals surface area contributed by atoms with E-state index in [4.69, 9.17) is 0 Å². The summed E-state index contributed by atoms with van der Waals surface area (Å²) in [6.07, 6.45) is 0. The van der Waals surface area contributed by atoms with Crippen LogP contribution in [0.1, 0.15) is 0 Å². The van der Waals surface area contributed by atoms with Gasteiger partial charge in [0.05, 0.1) is 44.8 Å². The van der Waals surface area contributed by atoms with Crippen LogP contribution in [0.3, 0.4) is 0 Å². The minimum absolute atomic E-state index is 1.06. The van der Waals surface area contributed by atoms with E-state index in [0.29, 0.717) is 0 Å². The second-order valence-corrected chi connectivity index (χ2v) is 35.4. The number of hydrogen-bond acceptors (Lipinski definition) is 4. The Morgan fingerprint density at radius 2 is 0.453 bits per heavy atom. The zero-order valence-corrected chi connectivity index (χ0v) is 71.3. The van der Waals surface area contributed by atoms with Crippen LogP contribution in [0.5, 0.6) is 0 Å². The lowest BCUT2D eigenvalue weighted by atomic mass is 9.95. The van der Waals surface area contributed by atoms with E-state index >= 15 is 0 Å². The Hall–Kier alpha value is -16.2. The lowest BCUT2D eigenvalue weighted by Gasteiger charge is -2.28. The topological polar surface area (TPSA) is 16.3 Å². The first kappa shape index (κ1) is 74.4. The third-order valence-corrected chi connectivity index (χ3v) is 28.7. The monoisotopic (exact) mass is 1660 g/mol. The molecule has 0 unspecified atom stereocenters. The highest BCUT2D eigenvalue weighted by molar-refractivity contribution is 7.27. The highest BCUT2D eigenvalue weighted by Gasteiger charge is 2.26. The van der Waals surface area contributed by atoms with E-state index < -0.39 is 0 Å². The predicted octanol–water partition coefficient (Wildman–Crippen LogP) is 35.2. The molecule has 128 heavy (non-hydrogen) atoms. The summed E-state index contributed by atoms with van der Waals surface area (Å²) < 4.78 is 9.96. The van der Waals surface area contributed by atoms with E-state index in [-0.39, 0.29) is 0 Å². The molecule has 4 heterocycles. The van der Waals surface area contributed by atoms with Gasteiger partial charge in [-0.2, -0.15) is 0 Å². The van der Waals surface area contributed by atoms with E-state index in [1.165, 1.54) is 161 Å². The van der Waals surface area contributed by atoms with Gasteiger partial charge in [-0.15, -0.1) is 22.7 Å². The fraction of sp³-hybridized carbons (Fsp3) is 0. The molecule has 21 aromatic carbocycles. The van der Waals surface area contributed by atoms with Crippen LogP contribution in [0.4, 0.5) is 34.1 Å². The molecule has 4 aromatic heterocycles. The van der Waals surface area contributed by atoms with Crippen molar-refractivity contribution in [2.75, 3.05) is 9.80 Å². The fourth-order valence-corrected chi connectivity index (χ4v) is 22.7. The van der Waals surface area contributed by atoms with Crippen molar-refractivity contribution in [2.45, 2.75) is 0 Å². The molecule has 0 saturated heterocycles. The summed E-state index contributed by atoms with van der Waals surface area (Å²) in [6, 6.07) is 175. The summed E-state index contributed by atoms with van der Waals surface area (Å²) in [5.74, 6) is 0. The molecule has 6 heteroatoms. The molecule has 0 saturated carbocycles. The molecule has 0 amide bonds. The summed E-state index contributed by atoms with van der Waals surface area (Å²) in [5.41, 5.74) is 32.3. The number of anilines is 6. The van der Waals surface area contributed by atoms with Gasteiger partial charge in [0.1, 0.15) is 0 Å². The van der Waals surface area contributed by atoms with Gasteiger partial charge in [-0.25, -0.2) is 0 Å². The van der Waals surface area contributed by atoms with E-state index in [0.717, 1.165) is 78.9 Å². The Bertz CT molecular complexity index is 8580. The van der Waals surface area contributed by atoms with E-state index in [1.54, 1.807) is 0 Å². The number of para-hydroxylation sites is 8. The Balaban J connectivity index is 0.535. The minimum atomic E-state index is 1.06. The number of nitrogens with zero attached hydrogens (tertiary/aromatic N) is 4. The SMILES string of the molecule is c1ccc(N(c2ccc(-c3ccc(-c4ccc5ccc(-c6cccc7c6sc6c(-c8ccccc8N(c8ccc(-c9ccc%10ccccc%10c9)cc8)c8ccc(-c9ccccc9-n9c%10ccccc%10c%10ccccc%109)cc8)cccc67)cc5c4)cc3)cc2)c2ccc(-c3ccccc3-n3c4ccccc4c4ccccc43)cc2)c(-c2cccc3c2sc2ccccc23)c1. The Morgan fingerprint density at radius 1 is 0.164 bits per heavy atom. The second-order valence-electron chi connectivity index (χ2n) is 33.3. The normalized spacial score (nSPS) is 11.8. The van der Waals surface area contributed by atoms with Crippen LogP contribution < -0.4 is 9.80 Å². The van der Waals surface area contributed by atoms with Crippen molar-refractivity contribution in [1.29, 1.82) is 0 Å². The van der Waals surface area contributed by atoms with Crippen LogP contribution in [0.25, 0.3) is 206 Å². The first-order valence-corrected chi connectivity index (χ1v) is 45.5. The van der Waals surface area contributed by atoms with Crippen molar-refractivity contribution < 1.29 is 0 Å². The fourth-order valence-electron chi connectivity index (χ4n) is 20.1. The van der Waals surface area contributed by atoms with Crippen molar-refractivity contribution in [1.82, 2.24) is 9.13 Å². The average molecular weight is 1660 g/mol. The summed E-state index contributed by atoms with van der Waals surface area (Å²) in [5, 5.41) is 14.9. The van der Waals surface area contributed by atoms with Gasteiger partial charge in [0, 0.05) is 118 Å². The van der Waals surface area contributed by atoms with E-state index in [2.05, 4.69) is 492 Å². The Morgan fingerprint density at radius 3 is 0.922 bits per heavy atom. The first-order chi connectivity index (χ1) is 63.5. The van der Waals surface area contributed by atoms with Crippen molar-refractivity contribution in [3.8, 4) is 100 Å². The summed E-state index contributed by atoms with van der Waals surface area (Å²) in [7, 11) is 0. The molecule has 0 N–H and O–H groups in total. The van der Waals surface area contributed by atoms with Gasteiger partial charge < -0.3 is 18.9 Å². The molecular formula is C122H78N4S2. The second kappa shape index (κ2) is 30.9. The molecule has 25 rings (SSSR count). The van der Waals surface area contributed by atoms with Crippen LogP contribution >= 0.6 is 22.7 Å². The number of fused-ring (bicyclic) bond motifs is 14. The molecule has 0 atom stereocenters. The van der Waals surface area contributed by atoms with E-state index in [9.17, 15) is 0 Å². The smallest absolute Gasteiger partial charge is 0.0541 e. The van der Waals surface area contributed by atoms with Gasteiger partial charge in [-0.1, -0.05) is 352 Å². The lowest BCUT2D eigenvalue weighted by molar-refractivity contribution is 1.18. The van der Waals surface area contributed by atoms with Crippen molar-refractivity contribution in [3.05, 3.63) is 473 Å². The van der Waals surface area contributed by atoms with Crippen LogP contribution in [-0.2, 0) is 0 Å². The molecular weight excluding hydrogens is 1590 g/mol. The molecule has 598 valence electrons. The van der Waals surface area contributed by atoms with Crippen molar-refractivity contribution in [2.24, 2.45) is 0 Å². The molecule has 0 fully saturated rings. The number of rotatable bonds is 16. The number of thiophene rings is 2.